The van der Waals surface area contributed by atoms with Crippen molar-refractivity contribution in [2.24, 2.45) is 5.73 Å². The molecule has 0 atom stereocenters. The van der Waals surface area contributed by atoms with Crippen LogP contribution in [0.1, 0.15) is 38.5 Å². The van der Waals surface area contributed by atoms with E-state index in [0.717, 1.165) is 71.4 Å². The highest BCUT2D eigenvalue weighted by atomic mass is 35.5. The van der Waals surface area contributed by atoms with E-state index in [1.165, 1.54) is 12.1 Å². The zero-order chi connectivity index (χ0) is 17.5. The highest BCUT2D eigenvalue weighted by molar-refractivity contribution is 5.86. The fraction of sp³-hybridized carbons (Fsp3) is 0.650. The van der Waals surface area contributed by atoms with E-state index in [-0.39, 0.29) is 43.1 Å². The van der Waals surface area contributed by atoms with Gasteiger partial charge in [-0.3, -0.25) is 9.69 Å². The maximum absolute atomic E-state index is 12.3. The molecule has 0 spiro atoms. The Morgan fingerprint density at radius 3 is 2.18 bits per heavy atom. The largest absolute Gasteiger partial charge is 0.369 e. The molecule has 1 heterocycles. The van der Waals surface area contributed by atoms with Crippen LogP contribution in [0.2, 0.25) is 0 Å². The van der Waals surface area contributed by atoms with E-state index in [4.69, 9.17) is 5.73 Å². The average molecular weight is 454 g/mol. The van der Waals surface area contributed by atoms with E-state index in [1.54, 1.807) is 0 Å². The Morgan fingerprint density at radius 1 is 0.964 bits per heavy atom. The first kappa shape index (κ1) is 27.3. The van der Waals surface area contributed by atoms with E-state index < -0.39 is 5.54 Å². The molecule has 1 saturated heterocycles. The number of hydrogen-bond donors (Lipinski definition) is 2. The highest BCUT2D eigenvalue weighted by Gasteiger charge is 2.34. The molecule has 1 aromatic carbocycles. The molecule has 2 aliphatic rings. The van der Waals surface area contributed by atoms with E-state index in [1.807, 2.05) is 0 Å². The molecular formula is C20H35Cl3N4O. The van der Waals surface area contributed by atoms with Crippen LogP contribution in [0.3, 0.4) is 0 Å². The summed E-state index contributed by atoms with van der Waals surface area (Å²) in [6.07, 6.45) is 6.03. The van der Waals surface area contributed by atoms with Crippen molar-refractivity contribution in [3.63, 3.8) is 0 Å². The van der Waals surface area contributed by atoms with Crippen LogP contribution in [0.5, 0.6) is 0 Å². The van der Waals surface area contributed by atoms with Crippen LogP contribution in [0.25, 0.3) is 0 Å². The molecule has 0 bridgehead atoms. The number of benzene rings is 1. The zero-order valence-corrected chi connectivity index (χ0v) is 18.9. The number of halogens is 3. The third kappa shape index (κ3) is 7.60. The first-order valence-corrected chi connectivity index (χ1v) is 9.77. The molecule has 5 nitrogen and oxygen atoms in total. The Labute approximate surface area is 188 Å². The van der Waals surface area contributed by atoms with Gasteiger partial charge in [0.05, 0.1) is 5.54 Å². The lowest BCUT2D eigenvalue weighted by Crippen LogP contribution is -2.55. The quantitative estimate of drug-likeness (QED) is 0.649. The van der Waals surface area contributed by atoms with Gasteiger partial charge in [-0.1, -0.05) is 37.5 Å². The summed E-state index contributed by atoms with van der Waals surface area (Å²) in [5.41, 5.74) is 6.97. The number of nitrogens with two attached hydrogens (primary N) is 1. The van der Waals surface area contributed by atoms with Gasteiger partial charge in [0, 0.05) is 38.4 Å². The van der Waals surface area contributed by atoms with Crippen molar-refractivity contribution in [1.29, 1.82) is 0 Å². The number of nitrogens with zero attached hydrogens (tertiary/aromatic N) is 2. The summed E-state index contributed by atoms with van der Waals surface area (Å²) in [5.74, 6) is 0.0566. The summed E-state index contributed by atoms with van der Waals surface area (Å²) in [6.45, 7) is 6.09. The number of anilines is 1. The maximum Gasteiger partial charge on any atom is 0.240 e. The van der Waals surface area contributed by atoms with E-state index in [2.05, 4.69) is 45.4 Å². The van der Waals surface area contributed by atoms with Gasteiger partial charge in [-0.05, 0) is 37.9 Å². The smallest absolute Gasteiger partial charge is 0.240 e. The molecule has 1 aromatic rings. The molecule has 0 unspecified atom stereocenters. The number of hydrogen-bond acceptors (Lipinski definition) is 4. The molecule has 0 radical (unpaired) electrons. The number of rotatable bonds is 6. The van der Waals surface area contributed by atoms with Crippen LogP contribution in [0.15, 0.2) is 30.3 Å². The second kappa shape index (κ2) is 13.5. The standard InChI is InChI=1S/C20H32N4O.3ClH/c21-20(10-5-2-6-11-20)19(25)22-12-7-13-23-14-16-24(17-15-23)18-8-3-1-4-9-18;;;/h1,3-4,8-9H,2,5-7,10-17,21H2,(H,22,25);3*1H. The van der Waals surface area contributed by atoms with Crippen molar-refractivity contribution < 1.29 is 4.79 Å². The van der Waals surface area contributed by atoms with Gasteiger partial charge < -0.3 is 16.0 Å². The zero-order valence-electron chi connectivity index (χ0n) is 16.5. The van der Waals surface area contributed by atoms with Crippen LogP contribution < -0.4 is 16.0 Å². The van der Waals surface area contributed by atoms with Crippen LogP contribution in [0.4, 0.5) is 5.69 Å². The summed E-state index contributed by atoms with van der Waals surface area (Å²) in [4.78, 5) is 17.2. The van der Waals surface area contributed by atoms with Gasteiger partial charge in [0.15, 0.2) is 0 Å². The topological polar surface area (TPSA) is 61.6 Å². The Hall–Kier alpha value is -0.720. The monoisotopic (exact) mass is 452 g/mol. The van der Waals surface area contributed by atoms with Crippen LogP contribution >= 0.6 is 37.2 Å². The van der Waals surface area contributed by atoms with Gasteiger partial charge in [0.2, 0.25) is 5.91 Å². The van der Waals surface area contributed by atoms with Gasteiger partial charge in [-0.2, -0.15) is 0 Å². The van der Waals surface area contributed by atoms with Crippen molar-refractivity contribution in [1.82, 2.24) is 10.2 Å². The first-order chi connectivity index (χ1) is 12.2. The van der Waals surface area contributed by atoms with Gasteiger partial charge in [-0.15, -0.1) is 37.2 Å². The minimum atomic E-state index is -0.612. The number of amides is 1. The van der Waals surface area contributed by atoms with Gasteiger partial charge in [-0.25, -0.2) is 0 Å². The van der Waals surface area contributed by atoms with E-state index in [9.17, 15) is 4.79 Å². The van der Waals surface area contributed by atoms with E-state index in [0.29, 0.717) is 0 Å². The Bertz CT molecular complexity index is 548. The Morgan fingerprint density at radius 2 is 1.57 bits per heavy atom. The summed E-state index contributed by atoms with van der Waals surface area (Å²) in [7, 11) is 0. The summed E-state index contributed by atoms with van der Waals surface area (Å²) in [6, 6.07) is 10.6. The molecule has 1 saturated carbocycles. The summed E-state index contributed by atoms with van der Waals surface area (Å²) in [5, 5.41) is 3.07. The van der Waals surface area contributed by atoms with Crippen molar-refractivity contribution in [2.75, 3.05) is 44.2 Å². The lowest BCUT2D eigenvalue weighted by molar-refractivity contribution is -0.127. The fourth-order valence-corrected chi connectivity index (χ4v) is 3.96. The second-order valence-corrected chi connectivity index (χ2v) is 7.49. The first-order valence-electron chi connectivity index (χ1n) is 9.77. The molecule has 0 aromatic heterocycles. The molecule has 1 amide bonds. The second-order valence-electron chi connectivity index (χ2n) is 7.49. The van der Waals surface area contributed by atoms with Crippen molar-refractivity contribution >= 4 is 48.8 Å². The molecule has 2 fully saturated rings. The maximum atomic E-state index is 12.3. The van der Waals surface area contributed by atoms with E-state index >= 15 is 0 Å². The third-order valence-corrected chi connectivity index (χ3v) is 5.63. The number of nitrogens with one attached hydrogen (secondary N) is 1. The number of carbonyl (C=O) groups excluding carboxylic acids is 1. The van der Waals surface area contributed by atoms with Crippen LogP contribution in [0, 0.1) is 0 Å². The molecule has 28 heavy (non-hydrogen) atoms. The predicted octanol–water partition coefficient (Wildman–Crippen LogP) is 3.24. The lowest BCUT2D eigenvalue weighted by atomic mass is 9.82. The van der Waals surface area contributed by atoms with Gasteiger partial charge in [0.25, 0.3) is 0 Å². The van der Waals surface area contributed by atoms with Gasteiger partial charge in [0.1, 0.15) is 0 Å². The third-order valence-electron chi connectivity index (χ3n) is 5.63. The number of piperazine rings is 1. The normalized spacial score (nSPS) is 18.8. The van der Waals surface area contributed by atoms with Crippen molar-refractivity contribution in [2.45, 2.75) is 44.1 Å². The molecule has 1 aliphatic heterocycles. The van der Waals surface area contributed by atoms with Crippen LogP contribution in [-0.2, 0) is 4.79 Å². The van der Waals surface area contributed by atoms with Crippen molar-refractivity contribution in [3.8, 4) is 0 Å². The molecule has 162 valence electrons. The highest BCUT2D eigenvalue weighted by Crippen LogP contribution is 2.25. The number of carbonyl (C=O) groups is 1. The van der Waals surface area contributed by atoms with Crippen molar-refractivity contribution in [3.05, 3.63) is 30.3 Å². The summed E-state index contributed by atoms with van der Waals surface area (Å²) < 4.78 is 0. The molecule has 8 heteroatoms. The minimum absolute atomic E-state index is 0. The molecule has 1 aliphatic carbocycles. The lowest BCUT2D eigenvalue weighted by Gasteiger charge is -2.36. The molecule has 3 rings (SSSR count). The summed E-state index contributed by atoms with van der Waals surface area (Å²) >= 11 is 0. The Balaban J connectivity index is 0.00000243. The number of para-hydroxylation sites is 1. The Kier molecular flexibility index (Phi) is 13.1. The van der Waals surface area contributed by atoms with Gasteiger partial charge >= 0.3 is 0 Å². The van der Waals surface area contributed by atoms with Crippen LogP contribution in [-0.4, -0.2) is 55.6 Å². The SMILES string of the molecule is Cl.Cl.Cl.NC1(C(=O)NCCCN2CCN(c3ccccc3)CC2)CCCCC1. The molecule has 3 N–H and O–H groups in total. The molecular weight excluding hydrogens is 419 g/mol. The predicted molar refractivity (Wildman–Crippen MR) is 124 cm³/mol. The minimum Gasteiger partial charge on any atom is -0.369 e. The fourth-order valence-electron chi connectivity index (χ4n) is 3.96. The average Bonchev–Trinajstić information content (AvgIpc) is 2.67.